The van der Waals surface area contributed by atoms with Gasteiger partial charge in [0.15, 0.2) is 0 Å². The molecule has 0 amide bonds. The van der Waals surface area contributed by atoms with Gasteiger partial charge in [0.25, 0.3) is 0 Å². The number of fused-ring (bicyclic) bond motifs is 1. The summed E-state index contributed by atoms with van der Waals surface area (Å²) in [7, 11) is 0. The molecule has 1 unspecified atom stereocenters. The Morgan fingerprint density at radius 2 is 2.07 bits per heavy atom. The predicted molar refractivity (Wildman–Crippen MR) is 108 cm³/mol. The molecule has 7 heteroatoms. The molecule has 1 aliphatic heterocycles. The minimum Gasteiger partial charge on any atom is -0.341 e. The van der Waals surface area contributed by atoms with E-state index in [-0.39, 0.29) is 6.04 Å². The maximum Gasteiger partial charge on any atom is 0.244 e. The van der Waals surface area contributed by atoms with Crippen molar-refractivity contribution in [1.82, 2.24) is 25.0 Å². The second kappa shape index (κ2) is 7.49. The van der Waals surface area contributed by atoms with Crippen LogP contribution in [-0.4, -0.2) is 31.6 Å². The number of aromatic nitrogens is 4. The number of imidazole rings is 1. The number of nitrogens with zero attached hydrogens (tertiary/aromatic N) is 5. The highest BCUT2D eigenvalue weighted by Gasteiger charge is 2.29. The van der Waals surface area contributed by atoms with Crippen LogP contribution >= 0.6 is 0 Å². The Balaban J connectivity index is 1.40. The molecule has 2 aromatic carbocycles. The number of rotatable bonds is 4. The molecule has 3 heterocycles. The highest BCUT2D eigenvalue weighted by atomic mass is 16.5. The first kappa shape index (κ1) is 17.6. The topological polar surface area (TPSA) is 94.6 Å². The van der Waals surface area contributed by atoms with Gasteiger partial charge in [0.05, 0.1) is 35.3 Å². The number of hydrogen-bond donors (Lipinski definition) is 1. The Bertz CT molecular complexity index is 1150. The predicted octanol–water partition coefficient (Wildman–Crippen LogP) is 4.21. The SMILES string of the molecule is N#Cc1cccc(-c2noc(C3CCCCN3Cc3nc4ccccc4[nH]3)n2)c1. The van der Waals surface area contributed by atoms with Crippen LogP contribution in [0.15, 0.2) is 53.1 Å². The molecule has 1 aliphatic rings. The van der Waals surface area contributed by atoms with E-state index >= 15 is 0 Å². The van der Waals surface area contributed by atoms with Gasteiger partial charge in [-0.2, -0.15) is 10.2 Å². The third-order valence-corrected chi connectivity index (χ3v) is 5.38. The zero-order chi connectivity index (χ0) is 19.6. The lowest BCUT2D eigenvalue weighted by atomic mass is 10.0. The highest BCUT2D eigenvalue weighted by molar-refractivity contribution is 5.74. The number of likely N-dealkylation sites (tertiary alicyclic amines) is 1. The van der Waals surface area contributed by atoms with E-state index in [9.17, 15) is 0 Å². The monoisotopic (exact) mass is 384 g/mol. The third kappa shape index (κ3) is 3.50. The minimum atomic E-state index is 0.0670. The summed E-state index contributed by atoms with van der Waals surface area (Å²) in [6.45, 7) is 1.67. The van der Waals surface area contributed by atoms with Gasteiger partial charge >= 0.3 is 0 Å². The van der Waals surface area contributed by atoms with Crippen molar-refractivity contribution in [1.29, 1.82) is 5.26 Å². The second-order valence-corrected chi connectivity index (χ2v) is 7.33. The fourth-order valence-electron chi connectivity index (χ4n) is 3.95. The third-order valence-electron chi connectivity index (χ3n) is 5.38. The number of H-pyrrole nitrogens is 1. The number of nitriles is 1. The molecule has 0 saturated carbocycles. The lowest BCUT2D eigenvalue weighted by Gasteiger charge is -2.32. The van der Waals surface area contributed by atoms with Crippen LogP contribution in [0.4, 0.5) is 0 Å². The Labute approximate surface area is 168 Å². The van der Waals surface area contributed by atoms with E-state index in [2.05, 4.69) is 26.1 Å². The molecular formula is C22H20N6O. The van der Waals surface area contributed by atoms with Gasteiger partial charge in [-0.05, 0) is 43.7 Å². The van der Waals surface area contributed by atoms with Crippen LogP contribution in [0.25, 0.3) is 22.4 Å². The van der Waals surface area contributed by atoms with E-state index in [1.807, 2.05) is 36.4 Å². The molecule has 5 rings (SSSR count). The van der Waals surface area contributed by atoms with Crippen molar-refractivity contribution in [3.63, 3.8) is 0 Å². The zero-order valence-corrected chi connectivity index (χ0v) is 15.9. The summed E-state index contributed by atoms with van der Waals surface area (Å²) in [5.74, 6) is 2.09. The van der Waals surface area contributed by atoms with Crippen LogP contribution < -0.4 is 0 Å². The van der Waals surface area contributed by atoms with Gasteiger partial charge in [-0.15, -0.1) is 0 Å². The van der Waals surface area contributed by atoms with Crippen molar-refractivity contribution in [3.05, 3.63) is 65.8 Å². The molecule has 4 aromatic rings. The number of aromatic amines is 1. The van der Waals surface area contributed by atoms with E-state index < -0.39 is 0 Å². The summed E-state index contributed by atoms with van der Waals surface area (Å²) < 4.78 is 5.64. The van der Waals surface area contributed by atoms with Gasteiger partial charge in [0.1, 0.15) is 5.82 Å². The van der Waals surface area contributed by atoms with Crippen molar-refractivity contribution >= 4 is 11.0 Å². The van der Waals surface area contributed by atoms with Gasteiger partial charge in [-0.3, -0.25) is 4.90 Å². The molecule has 0 aliphatic carbocycles. The molecule has 0 spiro atoms. The summed E-state index contributed by atoms with van der Waals surface area (Å²) in [6.07, 6.45) is 3.24. The summed E-state index contributed by atoms with van der Waals surface area (Å²) in [5, 5.41) is 13.3. The standard InChI is InChI=1S/C22H20N6O/c23-13-15-6-5-7-16(12-15)21-26-22(29-27-21)19-10-3-4-11-28(19)14-20-24-17-8-1-2-9-18(17)25-20/h1-2,5-9,12,19H,3-4,10-11,14H2,(H,24,25). The van der Waals surface area contributed by atoms with Crippen LogP contribution in [0.5, 0.6) is 0 Å². The van der Waals surface area contributed by atoms with Crippen LogP contribution in [0, 0.1) is 11.3 Å². The van der Waals surface area contributed by atoms with Crippen LogP contribution in [0.1, 0.15) is 42.6 Å². The Morgan fingerprint density at radius 3 is 2.97 bits per heavy atom. The number of hydrogen-bond acceptors (Lipinski definition) is 6. The Morgan fingerprint density at radius 1 is 1.14 bits per heavy atom. The molecule has 29 heavy (non-hydrogen) atoms. The lowest BCUT2D eigenvalue weighted by Crippen LogP contribution is -2.33. The van der Waals surface area contributed by atoms with Crippen molar-refractivity contribution in [2.75, 3.05) is 6.54 Å². The normalized spacial score (nSPS) is 17.4. The first-order chi connectivity index (χ1) is 14.3. The molecule has 1 saturated heterocycles. The van der Waals surface area contributed by atoms with Crippen LogP contribution in [0.2, 0.25) is 0 Å². The Kier molecular flexibility index (Phi) is 4.54. The molecule has 7 nitrogen and oxygen atoms in total. The van der Waals surface area contributed by atoms with Crippen LogP contribution in [0.3, 0.4) is 0 Å². The van der Waals surface area contributed by atoms with Gasteiger partial charge in [-0.25, -0.2) is 4.98 Å². The van der Waals surface area contributed by atoms with Crippen molar-refractivity contribution < 1.29 is 4.52 Å². The second-order valence-electron chi connectivity index (χ2n) is 7.33. The van der Waals surface area contributed by atoms with Gasteiger partial charge in [0.2, 0.25) is 11.7 Å². The summed E-state index contributed by atoms with van der Waals surface area (Å²) in [6, 6.07) is 17.5. The average molecular weight is 384 g/mol. The summed E-state index contributed by atoms with van der Waals surface area (Å²) in [5.41, 5.74) is 3.40. The van der Waals surface area contributed by atoms with Gasteiger partial charge < -0.3 is 9.51 Å². The molecule has 0 radical (unpaired) electrons. The molecule has 1 fully saturated rings. The van der Waals surface area contributed by atoms with E-state index in [1.54, 1.807) is 12.1 Å². The van der Waals surface area contributed by atoms with E-state index in [0.717, 1.165) is 48.2 Å². The minimum absolute atomic E-state index is 0.0670. The van der Waals surface area contributed by atoms with E-state index in [0.29, 0.717) is 23.8 Å². The van der Waals surface area contributed by atoms with E-state index in [4.69, 9.17) is 14.8 Å². The number of para-hydroxylation sites is 2. The zero-order valence-electron chi connectivity index (χ0n) is 15.9. The van der Waals surface area contributed by atoms with Crippen molar-refractivity contribution in [2.45, 2.75) is 31.8 Å². The van der Waals surface area contributed by atoms with Crippen molar-refractivity contribution in [2.24, 2.45) is 0 Å². The fourth-order valence-corrected chi connectivity index (χ4v) is 3.95. The summed E-state index contributed by atoms with van der Waals surface area (Å²) in [4.78, 5) is 15.1. The van der Waals surface area contributed by atoms with E-state index in [1.165, 1.54) is 0 Å². The first-order valence-corrected chi connectivity index (χ1v) is 9.82. The molecule has 2 aromatic heterocycles. The average Bonchev–Trinajstić information content (AvgIpc) is 3.41. The maximum atomic E-state index is 9.12. The molecule has 144 valence electrons. The number of piperidine rings is 1. The number of benzene rings is 2. The maximum absolute atomic E-state index is 9.12. The molecule has 1 atom stereocenters. The lowest BCUT2D eigenvalue weighted by molar-refractivity contribution is 0.109. The summed E-state index contributed by atoms with van der Waals surface area (Å²) >= 11 is 0. The fraction of sp³-hybridized carbons (Fsp3) is 0.273. The Hall–Kier alpha value is -3.50. The smallest absolute Gasteiger partial charge is 0.244 e. The van der Waals surface area contributed by atoms with Crippen molar-refractivity contribution in [3.8, 4) is 17.5 Å². The van der Waals surface area contributed by atoms with Crippen LogP contribution in [-0.2, 0) is 6.54 Å². The van der Waals surface area contributed by atoms with Gasteiger partial charge in [-0.1, -0.05) is 35.8 Å². The molecule has 1 N–H and O–H groups in total. The molecular weight excluding hydrogens is 364 g/mol. The highest BCUT2D eigenvalue weighted by Crippen LogP contribution is 2.32. The first-order valence-electron chi connectivity index (χ1n) is 9.82. The quantitative estimate of drug-likeness (QED) is 0.566. The largest absolute Gasteiger partial charge is 0.341 e. The number of nitrogens with one attached hydrogen (secondary N) is 1. The molecule has 0 bridgehead atoms. The van der Waals surface area contributed by atoms with Gasteiger partial charge in [0, 0.05) is 5.56 Å².